The number of hydrogen-bond donors (Lipinski definition) is 0. The first kappa shape index (κ1) is 20.8. The molecule has 5 nitrogen and oxygen atoms in total. The van der Waals surface area contributed by atoms with Crippen LogP contribution in [-0.4, -0.2) is 24.9 Å². The van der Waals surface area contributed by atoms with E-state index in [0.29, 0.717) is 11.3 Å². The smallest absolute Gasteiger partial charge is 0.337 e. The number of carbonyl (C=O) groups excluding carboxylic acids is 3. The SMILES string of the molecule is COC(=O)c1ccc(N2C(=O)[C@@H]3[C@H](C2=O)C2(Br)c4ccccc4C3(Br)c3ccccc32)cc1. The first-order chi connectivity index (χ1) is 15.8. The van der Waals surface area contributed by atoms with Gasteiger partial charge in [-0.25, -0.2) is 9.69 Å². The number of halogens is 2. The van der Waals surface area contributed by atoms with Crippen LogP contribution in [0.3, 0.4) is 0 Å². The Morgan fingerprint density at radius 3 is 1.52 bits per heavy atom. The minimum Gasteiger partial charge on any atom is -0.465 e. The molecule has 4 aliphatic rings. The van der Waals surface area contributed by atoms with Crippen LogP contribution < -0.4 is 4.90 Å². The summed E-state index contributed by atoms with van der Waals surface area (Å²) in [6, 6.07) is 22.3. The molecule has 0 saturated carbocycles. The molecule has 0 unspecified atom stereocenters. The fourth-order valence-corrected chi connectivity index (χ4v) is 8.09. The number of esters is 1. The molecule has 3 aromatic carbocycles. The Balaban J connectivity index is 1.56. The van der Waals surface area contributed by atoms with Gasteiger partial charge in [0.15, 0.2) is 0 Å². The lowest BCUT2D eigenvalue weighted by atomic mass is 9.54. The number of hydrogen-bond acceptors (Lipinski definition) is 4. The molecular weight excluding hydrogens is 550 g/mol. The summed E-state index contributed by atoms with van der Waals surface area (Å²) in [5.41, 5.74) is 4.76. The molecule has 2 atom stereocenters. The second-order valence-corrected chi connectivity index (χ2v) is 11.0. The lowest BCUT2D eigenvalue weighted by molar-refractivity contribution is -0.122. The van der Waals surface area contributed by atoms with Crippen LogP contribution in [0.25, 0.3) is 0 Å². The number of imide groups is 1. The predicted octanol–water partition coefficient (Wildman–Crippen LogP) is 4.88. The van der Waals surface area contributed by atoms with Gasteiger partial charge in [-0.05, 0) is 46.5 Å². The first-order valence-corrected chi connectivity index (χ1v) is 12.1. The van der Waals surface area contributed by atoms with E-state index in [0.717, 1.165) is 22.3 Å². The van der Waals surface area contributed by atoms with Gasteiger partial charge in [0.2, 0.25) is 11.8 Å². The van der Waals surface area contributed by atoms with Crippen molar-refractivity contribution in [1.29, 1.82) is 0 Å². The van der Waals surface area contributed by atoms with Gasteiger partial charge in [0.25, 0.3) is 0 Å². The summed E-state index contributed by atoms with van der Waals surface area (Å²) >= 11 is 7.98. The molecule has 3 aliphatic carbocycles. The van der Waals surface area contributed by atoms with Crippen LogP contribution in [0.2, 0.25) is 0 Å². The van der Waals surface area contributed by atoms with E-state index in [-0.39, 0.29) is 11.8 Å². The molecule has 1 aliphatic heterocycles. The van der Waals surface area contributed by atoms with Gasteiger partial charge in [-0.2, -0.15) is 0 Å². The zero-order chi connectivity index (χ0) is 23.1. The average Bonchev–Trinajstić information content (AvgIpc) is 3.13. The van der Waals surface area contributed by atoms with Crippen LogP contribution in [0.1, 0.15) is 32.6 Å². The maximum atomic E-state index is 13.9. The molecule has 0 radical (unpaired) electrons. The first-order valence-electron chi connectivity index (χ1n) is 10.5. The molecule has 2 bridgehead atoms. The summed E-state index contributed by atoms with van der Waals surface area (Å²) in [4.78, 5) is 41.0. The molecule has 1 saturated heterocycles. The minimum absolute atomic E-state index is 0.263. The molecule has 3 aromatic rings. The monoisotopic (exact) mass is 565 g/mol. The van der Waals surface area contributed by atoms with Gasteiger partial charge in [-0.3, -0.25) is 9.59 Å². The number of rotatable bonds is 2. The molecular formula is C26H17Br2NO4. The highest BCUT2D eigenvalue weighted by molar-refractivity contribution is 9.10. The van der Waals surface area contributed by atoms with Gasteiger partial charge in [0.05, 0.1) is 38.8 Å². The lowest BCUT2D eigenvalue weighted by Gasteiger charge is -2.55. The topological polar surface area (TPSA) is 63.7 Å². The van der Waals surface area contributed by atoms with Crippen molar-refractivity contribution < 1.29 is 19.1 Å². The molecule has 7 rings (SSSR count). The Labute approximate surface area is 207 Å². The Bertz CT molecular complexity index is 1250. The summed E-state index contributed by atoms with van der Waals surface area (Å²) in [7, 11) is 1.31. The molecule has 33 heavy (non-hydrogen) atoms. The summed E-state index contributed by atoms with van der Waals surface area (Å²) in [5, 5.41) is 0. The van der Waals surface area contributed by atoms with Crippen molar-refractivity contribution in [3.05, 3.63) is 101 Å². The van der Waals surface area contributed by atoms with Gasteiger partial charge in [-0.1, -0.05) is 80.4 Å². The normalized spacial score (nSPS) is 28.9. The number of nitrogens with zero attached hydrogens (tertiary/aromatic N) is 1. The summed E-state index contributed by atoms with van der Waals surface area (Å²) in [6.45, 7) is 0. The van der Waals surface area contributed by atoms with Crippen LogP contribution >= 0.6 is 31.9 Å². The van der Waals surface area contributed by atoms with Crippen LogP contribution in [0.15, 0.2) is 72.8 Å². The second kappa shape index (κ2) is 6.87. The highest BCUT2D eigenvalue weighted by atomic mass is 79.9. The molecule has 2 amide bonds. The average molecular weight is 567 g/mol. The molecule has 1 heterocycles. The van der Waals surface area contributed by atoms with E-state index in [1.54, 1.807) is 24.3 Å². The third kappa shape index (κ3) is 2.39. The van der Waals surface area contributed by atoms with E-state index in [9.17, 15) is 14.4 Å². The van der Waals surface area contributed by atoms with Crippen molar-refractivity contribution >= 4 is 55.3 Å². The van der Waals surface area contributed by atoms with E-state index in [1.165, 1.54) is 12.0 Å². The third-order valence-corrected chi connectivity index (χ3v) is 9.83. The predicted molar refractivity (Wildman–Crippen MR) is 130 cm³/mol. The third-order valence-electron chi connectivity index (χ3n) is 7.13. The molecule has 7 heteroatoms. The van der Waals surface area contributed by atoms with Crippen molar-refractivity contribution in [3.8, 4) is 0 Å². The minimum atomic E-state index is -0.826. The summed E-state index contributed by atoms with van der Waals surface area (Å²) in [6.07, 6.45) is 0. The summed E-state index contributed by atoms with van der Waals surface area (Å²) < 4.78 is 3.11. The zero-order valence-corrected chi connectivity index (χ0v) is 20.6. The number of carbonyl (C=O) groups is 3. The van der Waals surface area contributed by atoms with Crippen molar-refractivity contribution in [2.24, 2.45) is 11.8 Å². The van der Waals surface area contributed by atoms with E-state index < -0.39 is 26.5 Å². The maximum absolute atomic E-state index is 13.9. The van der Waals surface area contributed by atoms with E-state index in [2.05, 4.69) is 31.9 Å². The van der Waals surface area contributed by atoms with Crippen molar-refractivity contribution in [3.63, 3.8) is 0 Å². The standard InChI is InChI=1S/C26H17Br2NO4/c1-33-24(32)14-10-12-15(13-11-14)29-22(30)20-21(23(29)31)26(28)17-7-3-2-6-16(17)25(20,27)18-8-4-5-9-19(18)26/h2-13,20-21H,1H3/t20-,21+,25?,26?. The number of anilines is 1. The zero-order valence-electron chi connectivity index (χ0n) is 17.4. The van der Waals surface area contributed by atoms with Gasteiger partial charge < -0.3 is 4.74 Å². The van der Waals surface area contributed by atoms with Crippen LogP contribution in [0.4, 0.5) is 5.69 Å². The molecule has 0 N–H and O–H groups in total. The van der Waals surface area contributed by atoms with E-state index >= 15 is 0 Å². The fourth-order valence-electron chi connectivity index (χ4n) is 5.79. The van der Waals surface area contributed by atoms with Gasteiger partial charge in [-0.15, -0.1) is 0 Å². The largest absolute Gasteiger partial charge is 0.465 e. The van der Waals surface area contributed by atoms with Crippen molar-refractivity contribution in [2.75, 3.05) is 12.0 Å². The molecule has 0 spiro atoms. The highest BCUT2D eigenvalue weighted by Crippen LogP contribution is 2.70. The number of methoxy groups -OCH3 is 1. The van der Waals surface area contributed by atoms with Gasteiger partial charge in [0, 0.05) is 0 Å². The second-order valence-electron chi connectivity index (χ2n) is 8.52. The number of alkyl halides is 2. The molecule has 0 aromatic heterocycles. The van der Waals surface area contributed by atoms with Crippen molar-refractivity contribution in [1.82, 2.24) is 0 Å². The Morgan fingerprint density at radius 1 is 0.758 bits per heavy atom. The molecule has 164 valence electrons. The number of benzene rings is 3. The Morgan fingerprint density at radius 2 is 1.15 bits per heavy atom. The van der Waals surface area contributed by atoms with Crippen LogP contribution in [0.5, 0.6) is 0 Å². The maximum Gasteiger partial charge on any atom is 0.337 e. The van der Waals surface area contributed by atoms with Crippen molar-refractivity contribution in [2.45, 2.75) is 8.65 Å². The van der Waals surface area contributed by atoms with Crippen LogP contribution in [-0.2, 0) is 23.0 Å². The number of ether oxygens (including phenoxy) is 1. The number of amides is 2. The molecule has 1 fully saturated rings. The lowest BCUT2D eigenvalue weighted by Crippen LogP contribution is -2.56. The quantitative estimate of drug-likeness (QED) is 0.252. The highest BCUT2D eigenvalue weighted by Gasteiger charge is 2.72. The fraction of sp³-hybridized carbons (Fsp3) is 0.192. The Kier molecular flexibility index (Phi) is 4.33. The van der Waals surface area contributed by atoms with Gasteiger partial charge >= 0.3 is 5.97 Å². The van der Waals surface area contributed by atoms with Crippen LogP contribution in [0, 0.1) is 11.8 Å². The van der Waals surface area contributed by atoms with Gasteiger partial charge in [0.1, 0.15) is 0 Å². The summed E-state index contributed by atoms with van der Waals surface area (Å²) in [5.74, 6) is -2.26. The van der Waals surface area contributed by atoms with E-state index in [1.807, 2.05) is 48.5 Å². The Hall–Kier alpha value is -2.77. The van der Waals surface area contributed by atoms with E-state index in [4.69, 9.17) is 4.74 Å².